The number of hydrogen-bond donors (Lipinski definition) is 1. The highest BCUT2D eigenvalue weighted by Crippen LogP contribution is 2.25. The fraction of sp³-hybridized carbons (Fsp3) is 0.529. The Morgan fingerprint density at radius 2 is 1.81 bits per heavy atom. The molecule has 0 radical (unpaired) electrons. The highest BCUT2D eigenvalue weighted by atomic mass is 16.5. The molecule has 0 saturated heterocycles. The van der Waals surface area contributed by atoms with Crippen LogP contribution in [0.1, 0.15) is 71.7 Å². The number of unbranched alkanes of at least 4 members (excludes halogenated alkanes) is 4. The molecule has 0 aromatic heterocycles. The van der Waals surface area contributed by atoms with Gasteiger partial charge in [-0.25, -0.2) is 4.79 Å². The number of ketones is 1. The molecule has 1 rings (SSSR count). The monoisotopic (exact) mass is 292 g/mol. The normalized spacial score (nSPS) is 10.4. The fourth-order valence-corrected chi connectivity index (χ4v) is 2.24. The van der Waals surface area contributed by atoms with Gasteiger partial charge in [0, 0.05) is 12.0 Å². The average molecular weight is 292 g/mol. The molecule has 21 heavy (non-hydrogen) atoms. The van der Waals surface area contributed by atoms with Crippen molar-refractivity contribution in [2.75, 3.05) is 7.11 Å². The molecule has 0 saturated carbocycles. The fourth-order valence-electron chi connectivity index (χ4n) is 2.24. The van der Waals surface area contributed by atoms with Gasteiger partial charge in [-0.05, 0) is 31.0 Å². The van der Waals surface area contributed by atoms with Crippen LogP contribution in [0.25, 0.3) is 0 Å². The van der Waals surface area contributed by atoms with Crippen LogP contribution < -0.4 is 0 Å². The molecule has 4 nitrogen and oxygen atoms in total. The maximum Gasteiger partial charge on any atom is 0.341 e. The Hall–Kier alpha value is -1.84. The highest BCUT2D eigenvalue weighted by Gasteiger charge is 2.17. The molecule has 0 aliphatic rings. The molecular weight excluding hydrogens is 268 g/mol. The first-order valence-electron chi connectivity index (χ1n) is 7.46. The second-order valence-electron chi connectivity index (χ2n) is 5.27. The number of benzene rings is 1. The zero-order valence-electron chi connectivity index (χ0n) is 13.1. The lowest BCUT2D eigenvalue weighted by Gasteiger charge is -2.09. The number of ether oxygens (including phenoxy) is 1. The van der Waals surface area contributed by atoms with Crippen LogP contribution in [-0.2, 0) is 4.74 Å². The van der Waals surface area contributed by atoms with Gasteiger partial charge in [-0.3, -0.25) is 4.79 Å². The lowest BCUT2D eigenvalue weighted by Crippen LogP contribution is -2.07. The Balaban J connectivity index is 2.76. The van der Waals surface area contributed by atoms with E-state index in [1.54, 1.807) is 13.0 Å². The standard InChI is InChI=1S/C17H24O4/c1-4-5-6-7-8-9-15(18)13-10-12(2)16(19)14(11-13)17(20)21-3/h10-11,19H,4-9H2,1-3H3. The minimum Gasteiger partial charge on any atom is -0.507 e. The number of phenolic OH excluding ortho intramolecular Hbond substituents is 1. The van der Waals surface area contributed by atoms with E-state index in [0.29, 0.717) is 17.5 Å². The van der Waals surface area contributed by atoms with Crippen LogP contribution in [0.2, 0.25) is 0 Å². The SMILES string of the molecule is CCCCCCCC(=O)c1cc(C)c(O)c(C(=O)OC)c1. The third kappa shape index (κ3) is 4.88. The molecule has 116 valence electrons. The molecule has 0 fully saturated rings. The van der Waals surface area contributed by atoms with Crippen molar-refractivity contribution in [1.29, 1.82) is 0 Å². The molecule has 0 amide bonds. The van der Waals surface area contributed by atoms with Crippen molar-refractivity contribution in [3.05, 3.63) is 28.8 Å². The number of aromatic hydroxyl groups is 1. The van der Waals surface area contributed by atoms with Gasteiger partial charge in [0.2, 0.25) is 0 Å². The van der Waals surface area contributed by atoms with Crippen molar-refractivity contribution in [3.8, 4) is 5.75 Å². The first kappa shape index (κ1) is 17.2. The molecule has 0 aliphatic heterocycles. The number of methoxy groups -OCH3 is 1. The summed E-state index contributed by atoms with van der Waals surface area (Å²) in [5.74, 6) is -0.755. The van der Waals surface area contributed by atoms with E-state index < -0.39 is 5.97 Å². The largest absolute Gasteiger partial charge is 0.507 e. The van der Waals surface area contributed by atoms with E-state index in [2.05, 4.69) is 11.7 Å². The van der Waals surface area contributed by atoms with Crippen LogP contribution in [0.15, 0.2) is 12.1 Å². The van der Waals surface area contributed by atoms with Crippen LogP contribution in [-0.4, -0.2) is 24.0 Å². The number of aryl methyl sites for hydroxylation is 1. The molecule has 1 aromatic rings. The third-order valence-corrected chi connectivity index (χ3v) is 3.54. The van der Waals surface area contributed by atoms with Crippen molar-refractivity contribution < 1.29 is 19.4 Å². The zero-order valence-corrected chi connectivity index (χ0v) is 13.1. The predicted octanol–water partition coefficient (Wildman–Crippen LogP) is 4.03. The quantitative estimate of drug-likeness (QED) is 0.446. The van der Waals surface area contributed by atoms with E-state index in [1.807, 2.05) is 0 Å². The van der Waals surface area contributed by atoms with Gasteiger partial charge in [-0.15, -0.1) is 0 Å². The van der Waals surface area contributed by atoms with E-state index in [9.17, 15) is 14.7 Å². The number of carbonyl (C=O) groups is 2. The van der Waals surface area contributed by atoms with E-state index in [4.69, 9.17) is 0 Å². The summed E-state index contributed by atoms with van der Waals surface area (Å²) < 4.78 is 4.62. The van der Waals surface area contributed by atoms with Crippen LogP contribution in [0, 0.1) is 6.92 Å². The zero-order chi connectivity index (χ0) is 15.8. The summed E-state index contributed by atoms with van der Waals surface area (Å²) in [5, 5.41) is 9.87. The Kier molecular flexibility index (Phi) is 6.92. The van der Waals surface area contributed by atoms with Crippen molar-refractivity contribution >= 4 is 11.8 Å². The van der Waals surface area contributed by atoms with Gasteiger partial charge in [-0.1, -0.05) is 32.6 Å². The molecule has 0 spiro atoms. The number of esters is 1. The van der Waals surface area contributed by atoms with Crippen molar-refractivity contribution in [2.24, 2.45) is 0 Å². The summed E-state index contributed by atoms with van der Waals surface area (Å²) in [5.41, 5.74) is 1.01. The van der Waals surface area contributed by atoms with E-state index in [0.717, 1.165) is 19.3 Å². The smallest absolute Gasteiger partial charge is 0.341 e. The Morgan fingerprint density at radius 1 is 1.14 bits per heavy atom. The molecule has 1 aromatic carbocycles. The van der Waals surface area contributed by atoms with E-state index >= 15 is 0 Å². The summed E-state index contributed by atoms with van der Waals surface area (Å²) in [6.45, 7) is 3.82. The second kappa shape index (κ2) is 8.45. The predicted molar refractivity (Wildman–Crippen MR) is 81.9 cm³/mol. The maximum atomic E-state index is 12.2. The minimum absolute atomic E-state index is 0.000230. The highest BCUT2D eigenvalue weighted by molar-refractivity contribution is 6.00. The maximum absolute atomic E-state index is 12.2. The summed E-state index contributed by atoms with van der Waals surface area (Å²) in [4.78, 5) is 23.8. The number of phenols is 1. The summed E-state index contributed by atoms with van der Waals surface area (Å²) in [7, 11) is 1.25. The third-order valence-electron chi connectivity index (χ3n) is 3.54. The van der Waals surface area contributed by atoms with Gasteiger partial charge in [0.05, 0.1) is 7.11 Å². The molecule has 0 aliphatic carbocycles. The first-order valence-corrected chi connectivity index (χ1v) is 7.46. The second-order valence-corrected chi connectivity index (χ2v) is 5.27. The van der Waals surface area contributed by atoms with Gasteiger partial charge in [0.1, 0.15) is 11.3 Å². The first-order chi connectivity index (χ1) is 10.0. The number of Topliss-reactive ketones (excluding diaryl/α,β-unsaturated/α-hetero) is 1. The van der Waals surface area contributed by atoms with E-state index in [1.165, 1.54) is 26.0 Å². The minimum atomic E-state index is -0.631. The van der Waals surface area contributed by atoms with Gasteiger partial charge in [0.25, 0.3) is 0 Å². The lowest BCUT2D eigenvalue weighted by molar-refractivity contribution is 0.0597. The van der Waals surface area contributed by atoms with E-state index in [-0.39, 0.29) is 17.1 Å². The van der Waals surface area contributed by atoms with Crippen LogP contribution in [0.4, 0.5) is 0 Å². The van der Waals surface area contributed by atoms with Crippen LogP contribution >= 0.6 is 0 Å². The Morgan fingerprint density at radius 3 is 2.43 bits per heavy atom. The molecule has 0 bridgehead atoms. The topological polar surface area (TPSA) is 63.6 Å². The van der Waals surface area contributed by atoms with Gasteiger partial charge in [0.15, 0.2) is 5.78 Å². The summed E-state index contributed by atoms with van der Waals surface area (Å²) in [6, 6.07) is 3.04. The number of hydrogen-bond acceptors (Lipinski definition) is 4. The Labute approximate surface area is 126 Å². The van der Waals surface area contributed by atoms with Crippen molar-refractivity contribution in [3.63, 3.8) is 0 Å². The van der Waals surface area contributed by atoms with Crippen LogP contribution in [0.3, 0.4) is 0 Å². The summed E-state index contributed by atoms with van der Waals surface area (Å²) >= 11 is 0. The molecule has 0 heterocycles. The molecule has 4 heteroatoms. The van der Waals surface area contributed by atoms with Crippen LogP contribution in [0.5, 0.6) is 5.75 Å². The number of rotatable bonds is 8. The van der Waals surface area contributed by atoms with Gasteiger partial charge in [-0.2, -0.15) is 0 Å². The van der Waals surface area contributed by atoms with Gasteiger partial charge >= 0.3 is 5.97 Å². The molecule has 0 atom stereocenters. The van der Waals surface area contributed by atoms with Crippen molar-refractivity contribution in [1.82, 2.24) is 0 Å². The van der Waals surface area contributed by atoms with Gasteiger partial charge < -0.3 is 9.84 Å². The Bertz CT molecular complexity index is 506. The van der Waals surface area contributed by atoms with Crippen molar-refractivity contribution in [2.45, 2.75) is 52.4 Å². The lowest BCUT2D eigenvalue weighted by atomic mass is 9.98. The summed E-state index contributed by atoms with van der Waals surface area (Å²) in [6.07, 6.45) is 5.87. The molecule has 0 unspecified atom stereocenters. The number of carbonyl (C=O) groups excluding carboxylic acids is 2. The average Bonchev–Trinajstić information content (AvgIpc) is 2.48. The molecular formula is C17H24O4. The molecule has 1 N–H and O–H groups in total.